The van der Waals surface area contributed by atoms with Gasteiger partial charge in [-0.1, -0.05) is 23.7 Å². The molecule has 0 radical (unpaired) electrons. The van der Waals surface area contributed by atoms with Crippen LogP contribution in [0.15, 0.2) is 47.6 Å². The zero-order chi connectivity index (χ0) is 26.0. The second-order valence-electron chi connectivity index (χ2n) is 8.16. The first-order chi connectivity index (χ1) is 17.1. The maximum atomic E-state index is 15.3. The normalized spacial score (nSPS) is 18.2. The fraction of sp³-hybridized carbons (Fsp3) is 0.318. The molecule has 9 nitrogen and oxygen atoms in total. The number of hydrogen-bond donors (Lipinski definition) is 1. The number of sulfonamides is 1. The Balaban J connectivity index is 1.61. The van der Waals surface area contributed by atoms with Crippen LogP contribution in [0.25, 0.3) is 0 Å². The highest BCUT2D eigenvalue weighted by atomic mass is 35.5. The molecule has 36 heavy (non-hydrogen) atoms. The molecule has 1 fully saturated rings. The summed E-state index contributed by atoms with van der Waals surface area (Å²) in [6.45, 7) is 0.224. The van der Waals surface area contributed by atoms with Crippen molar-refractivity contribution in [2.45, 2.75) is 17.2 Å². The molecule has 4 rings (SSSR count). The van der Waals surface area contributed by atoms with E-state index in [1.165, 1.54) is 4.90 Å². The molecule has 0 spiro atoms. The van der Waals surface area contributed by atoms with Gasteiger partial charge in [-0.3, -0.25) is 0 Å². The number of rotatable bonds is 7. The van der Waals surface area contributed by atoms with Gasteiger partial charge >= 0.3 is 6.09 Å². The van der Waals surface area contributed by atoms with E-state index in [0.29, 0.717) is 28.4 Å². The Bertz CT molecular complexity index is 1340. The van der Waals surface area contributed by atoms with Crippen LogP contribution in [0.2, 0.25) is 5.02 Å². The highest BCUT2D eigenvalue weighted by Crippen LogP contribution is 2.36. The zero-order valence-electron chi connectivity index (χ0n) is 18.8. The summed E-state index contributed by atoms with van der Waals surface area (Å²) in [5, 5.41) is 9.97. The minimum absolute atomic E-state index is 0.0251. The van der Waals surface area contributed by atoms with Gasteiger partial charge in [0, 0.05) is 48.7 Å². The second-order valence-corrected chi connectivity index (χ2v) is 11.3. The van der Waals surface area contributed by atoms with Crippen molar-refractivity contribution in [3.8, 4) is 5.75 Å². The van der Waals surface area contributed by atoms with E-state index in [2.05, 4.69) is 9.36 Å². The van der Waals surface area contributed by atoms with E-state index >= 15 is 4.39 Å². The minimum Gasteiger partial charge on any atom is -0.490 e. The summed E-state index contributed by atoms with van der Waals surface area (Å²) in [7, 11) is -3.36. The standard InChI is InChI=1S/C22H21ClF2N4O5S2/c1-28(21-26-12-27-35-21)36(32,33)19-9-16(24)8-18(20(19)25)34-11-14-10-29(22(30)31)7-6-17(14)13-2-4-15(23)5-3-13/h2-5,8-9,12,14,17H,6-7,10-11H2,1H3,(H,30,31)/t14?,17-/m1/s1. The monoisotopic (exact) mass is 558 g/mol. The van der Waals surface area contributed by atoms with Crippen molar-refractivity contribution in [1.29, 1.82) is 0 Å². The average molecular weight is 559 g/mol. The number of likely N-dealkylation sites (tertiary alicyclic amines) is 1. The lowest BCUT2D eigenvalue weighted by molar-refractivity contribution is 0.0926. The molecule has 1 N–H and O–H groups in total. The molecule has 2 atom stereocenters. The molecule has 2 heterocycles. The van der Waals surface area contributed by atoms with Gasteiger partial charge in [-0.05, 0) is 36.1 Å². The number of piperidine rings is 1. The maximum Gasteiger partial charge on any atom is 0.407 e. The molecule has 2 aromatic carbocycles. The number of halogens is 3. The third-order valence-corrected chi connectivity index (χ3v) is 8.84. The number of carbonyl (C=O) groups is 1. The van der Waals surface area contributed by atoms with Gasteiger partial charge < -0.3 is 14.7 Å². The lowest BCUT2D eigenvalue weighted by Gasteiger charge is -2.37. The van der Waals surface area contributed by atoms with Crippen LogP contribution in [0.4, 0.5) is 18.7 Å². The topological polar surface area (TPSA) is 113 Å². The smallest absolute Gasteiger partial charge is 0.407 e. The molecular weight excluding hydrogens is 538 g/mol. The predicted molar refractivity (Wildman–Crippen MR) is 129 cm³/mol. The number of benzene rings is 2. The van der Waals surface area contributed by atoms with Crippen LogP contribution >= 0.6 is 23.1 Å². The first-order valence-electron chi connectivity index (χ1n) is 10.7. The quantitative estimate of drug-likeness (QED) is 0.455. The second kappa shape index (κ2) is 10.5. The molecule has 1 aliphatic rings. The number of hydrogen-bond acceptors (Lipinski definition) is 7. The summed E-state index contributed by atoms with van der Waals surface area (Å²) >= 11 is 6.76. The Morgan fingerprint density at radius 3 is 2.67 bits per heavy atom. The van der Waals surface area contributed by atoms with E-state index < -0.39 is 44.3 Å². The predicted octanol–water partition coefficient (Wildman–Crippen LogP) is 4.46. The summed E-state index contributed by atoms with van der Waals surface area (Å²) in [6, 6.07) is 8.42. The zero-order valence-corrected chi connectivity index (χ0v) is 21.2. The average Bonchev–Trinajstić information content (AvgIpc) is 3.39. The molecule has 0 bridgehead atoms. The molecule has 1 unspecified atom stereocenters. The molecule has 1 aromatic heterocycles. The van der Waals surface area contributed by atoms with E-state index in [-0.39, 0.29) is 24.2 Å². The van der Waals surface area contributed by atoms with Gasteiger partial charge in [-0.2, -0.15) is 4.37 Å². The van der Waals surface area contributed by atoms with Gasteiger partial charge in [0.25, 0.3) is 10.0 Å². The van der Waals surface area contributed by atoms with Crippen molar-refractivity contribution < 1.29 is 31.8 Å². The number of carboxylic acid groups (broad SMARTS) is 1. The van der Waals surface area contributed by atoms with E-state index in [1.807, 2.05) is 12.1 Å². The summed E-state index contributed by atoms with van der Waals surface area (Å²) in [6.07, 6.45) is 0.531. The van der Waals surface area contributed by atoms with E-state index in [9.17, 15) is 22.7 Å². The molecule has 1 saturated heterocycles. The highest BCUT2D eigenvalue weighted by molar-refractivity contribution is 7.93. The molecule has 0 aliphatic carbocycles. The third-order valence-electron chi connectivity index (χ3n) is 5.98. The van der Waals surface area contributed by atoms with Crippen molar-refractivity contribution in [1.82, 2.24) is 14.3 Å². The highest BCUT2D eigenvalue weighted by Gasteiger charge is 2.34. The molecular formula is C22H21ClF2N4O5S2. The van der Waals surface area contributed by atoms with E-state index in [1.54, 1.807) is 12.1 Å². The van der Waals surface area contributed by atoms with Crippen LogP contribution in [0, 0.1) is 17.6 Å². The number of nitrogens with zero attached hydrogens (tertiary/aromatic N) is 4. The number of aromatic nitrogens is 2. The minimum atomic E-state index is -4.51. The molecule has 14 heteroatoms. The van der Waals surface area contributed by atoms with Crippen LogP contribution in [-0.4, -0.2) is 60.6 Å². The summed E-state index contributed by atoms with van der Waals surface area (Å²) < 4.78 is 65.7. The SMILES string of the molecule is CN(c1ncns1)S(=O)(=O)c1cc(F)cc(OCC2CN(C(=O)O)CC[C@@H]2c2ccc(Cl)cc2)c1F. The third kappa shape index (κ3) is 5.37. The first-order valence-corrected chi connectivity index (χ1v) is 13.3. The maximum absolute atomic E-state index is 15.3. The Morgan fingerprint density at radius 1 is 1.31 bits per heavy atom. The van der Waals surface area contributed by atoms with Crippen molar-refractivity contribution in [2.24, 2.45) is 5.92 Å². The molecule has 3 aromatic rings. The fourth-order valence-electron chi connectivity index (χ4n) is 4.11. The van der Waals surface area contributed by atoms with Crippen LogP contribution in [0.3, 0.4) is 0 Å². The van der Waals surface area contributed by atoms with Crippen LogP contribution in [0.5, 0.6) is 5.75 Å². The van der Waals surface area contributed by atoms with Crippen LogP contribution in [-0.2, 0) is 10.0 Å². The van der Waals surface area contributed by atoms with Crippen molar-refractivity contribution in [2.75, 3.05) is 31.0 Å². The Hall–Kier alpha value is -3.03. The number of amides is 1. The van der Waals surface area contributed by atoms with E-state index in [0.717, 1.165) is 36.5 Å². The molecule has 1 amide bonds. The number of ether oxygens (including phenoxy) is 1. The van der Waals surface area contributed by atoms with E-state index in [4.69, 9.17) is 16.3 Å². The first kappa shape index (κ1) is 26.0. The van der Waals surface area contributed by atoms with Crippen molar-refractivity contribution in [3.63, 3.8) is 0 Å². The summed E-state index contributed by atoms with van der Waals surface area (Å²) in [4.78, 5) is 15.7. The van der Waals surface area contributed by atoms with Gasteiger partial charge in [-0.25, -0.2) is 31.3 Å². The van der Waals surface area contributed by atoms with Crippen LogP contribution in [0.1, 0.15) is 17.9 Å². The van der Waals surface area contributed by atoms with Crippen molar-refractivity contribution in [3.05, 3.63) is 64.9 Å². The summed E-state index contributed by atoms with van der Waals surface area (Å²) in [5.41, 5.74) is 0.903. The van der Waals surface area contributed by atoms with Gasteiger partial charge in [0.05, 0.1) is 6.61 Å². The number of anilines is 1. The molecule has 192 valence electrons. The fourth-order valence-corrected chi connectivity index (χ4v) is 6.16. The molecule has 0 saturated carbocycles. The lowest BCUT2D eigenvalue weighted by Crippen LogP contribution is -2.44. The van der Waals surface area contributed by atoms with Crippen LogP contribution < -0.4 is 9.04 Å². The van der Waals surface area contributed by atoms with Gasteiger partial charge in [0.1, 0.15) is 17.0 Å². The van der Waals surface area contributed by atoms with Gasteiger partial charge in [0.15, 0.2) is 11.6 Å². The molecule has 1 aliphatic heterocycles. The van der Waals surface area contributed by atoms with Gasteiger partial charge in [-0.15, -0.1) is 0 Å². The van der Waals surface area contributed by atoms with Gasteiger partial charge in [0.2, 0.25) is 5.13 Å². The Morgan fingerprint density at radius 2 is 2.03 bits per heavy atom. The van der Waals surface area contributed by atoms with Crippen molar-refractivity contribution >= 4 is 44.4 Å². The largest absolute Gasteiger partial charge is 0.490 e. The summed E-state index contributed by atoms with van der Waals surface area (Å²) in [5.74, 6) is -3.42. The lowest BCUT2D eigenvalue weighted by atomic mass is 9.81. The Kier molecular flexibility index (Phi) is 7.62. The Labute approximate surface area is 215 Å².